The second-order valence-corrected chi connectivity index (χ2v) is 7.85. The maximum absolute atomic E-state index is 13.7. The largest absolute Gasteiger partial charge is 0.357 e. The van der Waals surface area contributed by atoms with Crippen molar-refractivity contribution in [1.29, 1.82) is 0 Å². The monoisotopic (exact) mass is 520 g/mol. The Labute approximate surface area is 183 Å². The molecule has 2 aromatic rings. The van der Waals surface area contributed by atoms with Gasteiger partial charge in [0, 0.05) is 18.7 Å². The van der Waals surface area contributed by atoms with Gasteiger partial charge in [-0.15, -0.1) is 24.0 Å². The lowest BCUT2D eigenvalue weighted by molar-refractivity contribution is 0.587. The molecule has 0 aliphatic carbocycles. The highest BCUT2D eigenvalue weighted by Crippen LogP contribution is 2.10. The number of nitrogens with one attached hydrogen (secondary N) is 3. The number of nitrogens with zero attached hydrogens (tertiary/aromatic N) is 1. The van der Waals surface area contributed by atoms with Gasteiger partial charge >= 0.3 is 0 Å². The first-order valence-corrected chi connectivity index (χ1v) is 10.3. The van der Waals surface area contributed by atoms with E-state index in [2.05, 4.69) is 20.3 Å². The van der Waals surface area contributed by atoms with E-state index in [-0.39, 0.29) is 35.5 Å². The highest BCUT2D eigenvalue weighted by atomic mass is 127. The Kier molecular flexibility index (Phi) is 10.4. The molecule has 0 radical (unpaired) electrons. The van der Waals surface area contributed by atoms with E-state index >= 15 is 0 Å². The summed E-state index contributed by atoms with van der Waals surface area (Å²) < 4.78 is 39.4. The Bertz CT molecular complexity index is 891. The zero-order chi connectivity index (χ0) is 19.7. The highest BCUT2D eigenvalue weighted by Gasteiger charge is 2.09. The molecule has 0 bridgehead atoms. The molecular formula is C19H26FIN4O2S. The first kappa shape index (κ1) is 24.3. The van der Waals surface area contributed by atoms with Crippen molar-refractivity contribution in [1.82, 2.24) is 15.4 Å². The van der Waals surface area contributed by atoms with Gasteiger partial charge in [-0.1, -0.05) is 42.5 Å². The minimum Gasteiger partial charge on any atom is -0.357 e. The molecule has 0 spiro atoms. The molecule has 3 N–H and O–H groups in total. The first-order chi connectivity index (χ1) is 12.9. The van der Waals surface area contributed by atoms with Crippen LogP contribution in [0.25, 0.3) is 0 Å². The molecule has 154 valence electrons. The van der Waals surface area contributed by atoms with Gasteiger partial charge in [-0.25, -0.2) is 22.5 Å². The smallest absolute Gasteiger partial charge is 0.215 e. The molecule has 0 fully saturated rings. The standard InChI is InChI=1S/C19H25FN4O2S.HI/c1-3-22-19(24-13-17-9-4-5-10-18(17)20)23-12-15-7-6-8-16(11-15)14-27(25,26)21-2;/h4-11,21H,3,12-14H2,1-2H3,(H2,22,23,24);1H. The van der Waals surface area contributed by atoms with Gasteiger partial charge in [-0.2, -0.15) is 0 Å². The summed E-state index contributed by atoms with van der Waals surface area (Å²) >= 11 is 0. The average molecular weight is 520 g/mol. The van der Waals surface area contributed by atoms with E-state index in [1.54, 1.807) is 24.3 Å². The van der Waals surface area contributed by atoms with E-state index in [4.69, 9.17) is 0 Å². The lowest BCUT2D eigenvalue weighted by Crippen LogP contribution is -2.37. The second-order valence-electron chi connectivity index (χ2n) is 5.92. The van der Waals surface area contributed by atoms with E-state index in [0.29, 0.717) is 36.7 Å². The van der Waals surface area contributed by atoms with Gasteiger partial charge < -0.3 is 10.6 Å². The third kappa shape index (κ3) is 8.11. The number of aliphatic imine (C=N–C) groups is 1. The molecule has 0 unspecified atom stereocenters. The quantitative estimate of drug-likeness (QED) is 0.284. The molecule has 2 rings (SSSR count). The van der Waals surface area contributed by atoms with Crippen molar-refractivity contribution in [3.63, 3.8) is 0 Å². The van der Waals surface area contributed by atoms with Crippen LogP contribution in [0.4, 0.5) is 4.39 Å². The molecule has 0 aliphatic heterocycles. The topological polar surface area (TPSA) is 82.6 Å². The van der Waals surface area contributed by atoms with Crippen molar-refractivity contribution in [2.75, 3.05) is 13.6 Å². The number of rotatable bonds is 8. The number of guanidine groups is 1. The van der Waals surface area contributed by atoms with Crippen molar-refractivity contribution in [3.8, 4) is 0 Å². The maximum Gasteiger partial charge on any atom is 0.215 e. The van der Waals surface area contributed by atoms with Crippen LogP contribution in [0.2, 0.25) is 0 Å². The zero-order valence-electron chi connectivity index (χ0n) is 15.9. The van der Waals surface area contributed by atoms with E-state index in [9.17, 15) is 12.8 Å². The van der Waals surface area contributed by atoms with Gasteiger partial charge in [0.05, 0.1) is 12.3 Å². The summed E-state index contributed by atoms with van der Waals surface area (Å²) in [5.41, 5.74) is 2.14. The van der Waals surface area contributed by atoms with E-state index in [1.807, 2.05) is 25.1 Å². The Morgan fingerprint density at radius 2 is 1.79 bits per heavy atom. The Morgan fingerprint density at radius 1 is 1.07 bits per heavy atom. The van der Waals surface area contributed by atoms with Gasteiger partial charge in [0.25, 0.3) is 0 Å². The van der Waals surface area contributed by atoms with Crippen LogP contribution >= 0.6 is 24.0 Å². The number of benzene rings is 2. The lowest BCUT2D eigenvalue weighted by Gasteiger charge is -2.12. The van der Waals surface area contributed by atoms with Crippen molar-refractivity contribution >= 4 is 40.0 Å². The number of hydrogen-bond acceptors (Lipinski definition) is 3. The van der Waals surface area contributed by atoms with Gasteiger partial charge in [-0.3, -0.25) is 0 Å². The number of sulfonamides is 1. The van der Waals surface area contributed by atoms with Crippen molar-refractivity contribution in [2.45, 2.75) is 25.8 Å². The van der Waals surface area contributed by atoms with Gasteiger partial charge in [0.2, 0.25) is 10.0 Å². The molecule has 28 heavy (non-hydrogen) atoms. The van der Waals surface area contributed by atoms with Gasteiger partial charge in [-0.05, 0) is 31.2 Å². The van der Waals surface area contributed by atoms with Crippen LogP contribution in [0.1, 0.15) is 23.6 Å². The van der Waals surface area contributed by atoms with Gasteiger partial charge in [0.1, 0.15) is 5.82 Å². The van der Waals surface area contributed by atoms with Crippen molar-refractivity contribution in [2.24, 2.45) is 4.99 Å². The van der Waals surface area contributed by atoms with Crippen molar-refractivity contribution < 1.29 is 12.8 Å². The fraction of sp³-hybridized carbons (Fsp3) is 0.316. The Balaban J connectivity index is 0.00000392. The predicted octanol–water partition coefficient (Wildman–Crippen LogP) is 2.75. The maximum atomic E-state index is 13.7. The van der Waals surface area contributed by atoms with E-state index < -0.39 is 10.0 Å². The predicted molar refractivity (Wildman–Crippen MR) is 122 cm³/mol. The first-order valence-electron chi connectivity index (χ1n) is 8.68. The second kappa shape index (κ2) is 12.0. The Morgan fingerprint density at radius 3 is 2.46 bits per heavy atom. The number of hydrogen-bond donors (Lipinski definition) is 3. The van der Waals surface area contributed by atoms with Crippen LogP contribution in [-0.2, 0) is 28.9 Å². The number of halogens is 2. The molecule has 0 atom stereocenters. The molecule has 0 amide bonds. The van der Waals surface area contributed by atoms with Crippen LogP contribution < -0.4 is 15.4 Å². The van der Waals surface area contributed by atoms with Crippen LogP contribution in [0.5, 0.6) is 0 Å². The summed E-state index contributed by atoms with van der Waals surface area (Å²) in [5.74, 6) is 0.223. The molecule has 0 aliphatic rings. The fourth-order valence-corrected chi connectivity index (χ4v) is 3.20. The highest BCUT2D eigenvalue weighted by molar-refractivity contribution is 14.0. The third-order valence-electron chi connectivity index (χ3n) is 3.83. The molecular weight excluding hydrogens is 494 g/mol. The zero-order valence-corrected chi connectivity index (χ0v) is 19.1. The van der Waals surface area contributed by atoms with Gasteiger partial charge in [0.15, 0.2) is 5.96 Å². The molecule has 9 heteroatoms. The SMILES string of the molecule is CCNC(=NCc1cccc(CS(=O)(=O)NC)c1)NCc1ccccc1F.I. The molecule has 6 nitrogen and oxygen atoms in total. The van der Waals surface area contributed by atoms with Crippen LogP contribution in [0.3, 0.4) is 0 Å². The lowest BCUT2D eigenvalue weighted by atomic mass is 10.1. The normalized spacial score (nSPS) is 11.6. The van der Waals surface area contributed by atoms with E-state index in [0.717, 1.165) is 5.56 Å². The van der Waals surface area contributed by atoms with Crippen LogP contribution in [-0.4, -0.2) is 28.0 Å². The average Bonchev–Trinajstić information content (AvgIpc) is 2.65. The Hall–Kier alpha value is -1.72. The summed E-state index contributed by atoms with van der Waals surface area (Å²) in [7, 11) is -1.92. The minimum atomic E-state index is -3.32. The molecule has 0 saturated carbocycles. The molecule has 0 heterocycles. The van der Waals surface area contributed by atoms with Crippen LogP contribution in [0.15, 0.2) is 53.5 Å². The molecule has 0 aromatic heterocycles. The summed E-state index contributed by atoms with van der Waals surface area (Å²) in [6.45, 7) is 3.31. The van der Waals surface area contributed by atoms with Crippen molar-refractivity contribution in [3.05, 3.63) is 71.0 Å². The summed E-state index contributed by atoms with van der Waals surface area (Å²) in [6, 6.07) is 13.9. The molecule has 2 aromatic carbocycles. The summed E-state index contributed by atoms with van der Waals surface area (Å²) in [4.78, 5) is 4.49. The van der Waals surface area contributed by atoms with Crippen LogP contribution in [0, 0.1) is 5.82 Å². The minimum absolute atomic E-state index is 0. The summed E-state index contributed by atoms with van der Waals surface area (Å²) in [5, 5.41) is 6.22. The third-order valence-corrected chi connectivity index (χ3v) is 5.16. The fourth-order valence-electron chi connectivity index (χ4n) is 2.44. The van der Waals surface area contributed by atoms with E-state index in [1.165, 1.54) is 13.1 Å². The summed E-state index contributed by atoms with van der Waals surface area (Å²) in [6.07, 6.45) is 0. The molecule has 0 saturated heterocycles.